The minimum Gasteiger partial charge on any atom is -0.394 e. The molecule has 3 N–H and O–H groups in total. The Kier molecular flexibility index (Phi) is 3.42. The standard InChI is InChI=1S/C7H14O5/c1-11-7-6(10)5(9)2-4(3-8)12-7/h4-10H,2-3H2,1H3/t4-,5-,6+,7?/m0/s1. The molecule has 12 heavy (non-hydrogen) atoms. The predicted octanol–water partition coefficient (Wildman–Crippen LogP) is -1.54. The molecule has 72 valence electrons. The van der Waals surface area contributed by atoms with Crippen molar-refractivity contribution in [2.45, 2.75) is 31.0 Å². The first-order valence-corrected chi connectivity index (χ1v) is 3.84. The van der Waals surface area contributed by atoms with Gasteiger partial charge in [-0.1, -0.05) is 0 Å². The largest absolute Gasteiger partial charge is 0.394 e. The Bertz CT molecular complexity index is 140. The van der Waals surface area contributed by atoms with Gasteiger partial charge in [0.1, 0.15) is 6.10 Å². The topological polar surface area (TPSA) is 79.2 Å². The number of hydrogen-bond acceptors (Lipinski definition) is 5. The molecule has 0 radical (unpaired) electrons. The summed E-state index contributed by atoms with van der Waals surface area (Å²) in [6.07, 6.45) is -2.98. The molecular weight excluding hydrogens is 164 g/mol. The van der Waals surface area contributed by atoms with Gasteiger partial charge in [0.15, 0.2) is 6.29 Å². The van der Waals surface area contributed by atoms with E-state index in [1.807, 2.05) is 0 Å². The molecule has 0 aromatic heterocycles. The first-order chi connectivity index (χ1) is 5.69. The van der Waals surface area contributed by atoms with Gasteiger partial charge in [-0.3, -0.25) is 0 Å². The highest BCUT2D eigenvalue weighted by Gasteiger charge is 2.36. The van der Waals surface area contributed by atoms with Crippen molar-refractivity contribution in [2.24, 2.45) is 0 Å². The Morgan fingerprint density at radius 2 is 2.17 bits per heavy atom. The summed E-state index contributed by atoms with van der Waals surface area (Å²) in [4.78, 5) is 0. The summed E-state index contributed by atoms with van der Waals surface area (Å²) in [5, 5.41) is 27.3. The van der Waals surface area contributed by atoms with Crippen LogP contribution >= 0.6 is 0 Å². The minimum absolute atomic E-state index is 0.177. The fraction of sp³-hybridized carbons (Fsp3) is 1.00. The first kappa shape index (κ1) is 9.88. The summed E-state index contributed by atoms with van der Waals surface area (Å²) in [5.41, 5.74) is 0. The molecular formula is C7H14O5. The summed E-state index contributed by atoms with van der Waals surface area (Å²) in [5.74, 6) is 0. The summed E-state index contributed by atoms with van der Waals surface area (Å²) in [6.45, 7) is -0.177. The Morgan fingerprint density at radius 3 is 2.67 bits per heavy atom. The predicted molar refractivity (Wildman–Crippen MR) is 39.4 cm³/mol. The van der Waals surface area contributed by atoms with Crippen LogP contribution in [0, 0.1) is 0 Å². The molecule has 0 spiro atoms. The average Bonchev–Trinajstić information content (AvgIpc) is 2.09. The van der Waals surface area contributed by atoms with Crippen molar-refractivity contribution in [3.63, 3.8) is 0 Å². The van der Waals surface area contributed by atoms with E-state index in [4.69, 9.17) is 14.6 Å². The molecule has 5 heteroatoms. The summed E-state index contributed by atoms with van der Waals surface area (Å²) in [7, 11) is 1.38. The van der Waals surface area contributed by atoms with Crippen LogP contribution in [0.1, 0.15) is 6.42 Å². The molecule has 1 aliphatic rings. The fourth-order valence-corrected chi connectivity index (χ4v) is 1.23. The van der Waals surface area contributed by atoms with E-state index in [-0.39, 0.29) is 13.0 Å². The van der Waals surface area contributed by atoms with E-state index in [0.717, 1.165) is 0 Å². The van der Waals surface area contributed by atoms with Crippen molar-refractivity contribution in [2.75, 3.05) is 13.7 Å². The van der Waals surface area contributed by atoms with Crippen LogP contribution in [0.15, 0.2) is 0 Å². The third kappa shape index (κ3) is 1.94. The van der Waals surface area contributed by atoms with Gasteiger partial charge in [0.2, 0.25) is 0 Å². The number of aliphatic hydroxyl groups is 3. The summed E-state index contributed by atoms with van der Waals surface area (Å²) < 4.78 is 9.85. The second-order valence-electron chi connectivity index (χ2n) is 2.84. The van der Waals surface area contributed by atoms with Crippen molar-refractivity contribution in [1.82, 2.24) is 0 Å². The van der Waals surface area contributed by atoms with Gasteiger partial charge in [0.05, 0.1) is 18.8 Å². The lowest BCUT2D eigenvalue weighted by molar-refractivity contribution is -0.262. The van der Waals surface area contributed by atoms with E-state index in [1.165, 1.54) is 7.11 Å². The van der Waals surface area contributed by atoms with Crippen molar-refractivity contribution in [3.05, 3.63) is 0 Å². The van der Waals surface area contributed by atoms with Gasteiger partial charge in [0, 0.05) is 13.5 Å². The Labute approximate surface area is 70.5 Å². The third-order valence-electron chi connectivity index (χ3n) is 1.94. The molecule has 1 saturated heterocycles. The molecule has 1 heterocycles. The first-order valence-electron chi connectivity index (χ1n) is 3.84. The molecule has 1 unspecified atom stereocenters. The van der Waals surface area contributed by atoms with E-state index >= 15 is 0 Å². The molecule has 0 saturated carbocycles. The van der Waals surface area contributed by atoms with Crippen molar-refractivity contribution in [1.29, 1.82) is 0 Å². The fourth-order valence-electron chi connectivity index (χ4n) is 1.23. The van der Waals surface area contributed by atoms with Crippen LogP contribution in [0.2, 0.25) is 0 Å². The highest BCUT2D eigenvalue weighted by Crippen LogP contribution is 2.20. The van der Waals surface area contributed by atoms with Crippen LogP contribution in [0.25, 0.3) is 0 Å². The van der Waals surface area contributed by atoms with Crippen LogP contribution < -0.4 is 0 Å². The zero-order chi connectivity index (χ0) is 9.14. The van der Waals surface area contributed by atoms with Gasteiger partial charge in [-0.05, 0) is 0 Å². The molecule has 0 aliphatic carbocycles. The molecule has 4 atom stereocenters. The maximum Gasteiger partial charge on any atom is 0.186 e. The van der Waals surface area contributed by atoms with Crippen LogP contribution in [0.4, 0.5) is 0 Å². The molecule has 0 amide bonds. The molecule has 0 bridgehead atoms. The number of ether oxygens (including phenoxy) is 2. The minimum atomic E-state index is -1.03. The molecule has 5 nitrogen and oxygen atoms in total. The Balaban J connectivity index is 2.52. The van der Waals surface area contributed by atoms with Gasteiger partial charge >= 0.3 is 0 Å². The van der Waals surface area contributed by atoms with Gasteiger partial charge in [-0.25, -0.2) is 0 Å². The number of rotatable bonds is 2. The molecule has 1 rings (SSSR count). The van der Waals surface area contributed by atoms with E-state index < -0.39 is 24.6 Å². The quantitative estimate of drug-likeness (QED) is 0.477. The molecule has 1 aliphatic heterocycles. The summed E-state index contributed by atoms with van der Waals surface area (Å²) >= 11 is 0. The second kappa shape index (κ2) is 4.15. The second-order valence-corrected chi connectivity index (χ2v) is 2.84. The lowest BCUT2D eigenvalue weighted by Gasteiger charge is -2.35. The van der Waals surface area contributed by atoms with E-state index in [2.05, 4.69) is 0 Å². The number of methoxy groups -OCH3 is 1. The Hall–Kier alpha value is -0.200. The lowest BCUT2D eigenvalue weighted by atomic mass is 10.0. The zero-order valence-electron chi connectivity index (χ0n) is 6.88. The van der Waals surface area contributed by atoms with E-state index in [0.29, 0.717) is 0 Å². The zero-order valence-corrected chi connectivity index (χ0v) is 6.88. The molecule has 0 aromatic carbocycles. The SMILES string of the molecule is COC1O[C@H](CO)C[C@H](O)[C@H]1O. The normalized spacial score (nSPS) is 43.0. The van der Waals surface area contributed by atoms with E-state index in [1.54, 1.807) is 0 Å². The smallest absolute Gasteiger partial charge is 0.186 e. The van der Waals surface area contributed by atoms with E-state index in [9.17, 15) is 10.2 Å². The lowest BCUT2D eigenvalue weighted by Crippen LogP contribution is -2.49. The van der Waals surface area contributed by atoms with Crippen molar-refractivity contribution >= 4 is 0 Å². The number of hydrogen-bond donors (Lipinski definition) is 3. The Morgan fingerprint density at radius 1 is 1.50 bits per heavy atom. The third-order valence-corrected chi connectivity index (χ3v) is 1.94. The maximum absolute atomic E-state index is 9.27. The van der Waals surface area contributed by atoms with Crippen LogP contribution in [-0.4, -0.2) is 53.6 Å². The maximum atomic E-state index is 9.27. The summed E-state index contributed by atoms with van der Waals surface area (Å²) in [6, 6.07) is 0. The van der Waals surface area contributed by atoms with Crippen molar-refractivity contribution in [3.8, 4) is 0 Å². The van der Waals surface area contributed by atoms with Crippen LogP contribution in [0.3, 0.4) is 0 Å². The highest BCUT2D eigenvalue weighted by atomic mass is 16.7. The van der Waals surface area contributed by atoms with Crippen LogP contribution in [-0.2, 0) is 9.47 Å². The van der Waals surface area contributed by atoms with Gasteiger partial charge in [-0.2, -0.15) is 0 Å². The van der Waals surface area contributed by atoms with Crippen LogP contribution in [0.5, 0.6) is 0 Å². The molecule has 0 aromatic rings. The number of aliphatic hydroxyl groups excluding tert-OH is 3. The highest BCUT2D eigenvalue weighted by molar-refractivity contribution is 4.80. The van der Waals surface area contributed by atoms with Crippen molar-refractivity contribution < 1.29 is 24.8 Å². The monoisotopic (exact) mass is 178 g/mol. The van der Waals surface area contributed by atoms with Gasteiger partial charge in [0.25, 0.3) is 0 Å². The molecule has 1 fully saturated rings. The average molecular weight is 178 g/mol. The van der Waals surface area contributed by atoms with Gasteiger partial charge in [-0.15, -0.1) is 0 Å². The van der Waals surface area contributed by atoms with Gasteiger partial charge < -0.3 is 24.8 Å².